The lowest BCUT2D eigenvalue weighted by Gasteiger charge is -2.16. The summed E-state index contributed by atoms with van der Waals surface area (Å²) in [7, 11) is 0. The number of rotatable bonds is 3. The maximum atomic E-state index is 12.1. The summed E-state index contributed by atoms with van der Waals surface area (Å²) >= 11 is 0. The predicted molar refractivity (Wildman–Crippen MR) is 63.8 cm³/mol. The Bertz CT molecular complexity index is 397. The second-order valence-corrected chi connectivity index (χ2v) is 4.66. The first-order chi connectivity index (χ1) is 8.11. The molecule has 0 aromatic carbocycles. The van der Waals surface area contributed by atoms with Crippen LogP contribution in [0.4, 0.5) is 0 Å². The molecule has 1 amide bonds. The van der Waals surface area contributed by atoms with Crippen LogP contribution in [0.25, 0.3) is 0 Å². The van der Waals surface area contributed by atoms with E-state index in [1.54, 1.807) is 17.9 Å². The lowest BCUT2D eigenvalue weighted by molar-refractivity contribution is 0.0730. The van der Waals surface area contributed by atoms with Crippen molar-refractivity contribution in [3.05, 3.63) is 23.7 Å². The van der Waals surface area contributed by atoms with Gasteiger partial charge in [-0.1, -0.05) is 6.92 Å². The van der Waals surface area contributed by atoms with Gasteiger partial charge in [0.05, 0.1) is 6.10 Å². The Morgan fingerprint density at radius 2 is 2.41 bits per heavy atom. The van der Waals surface area contributed by atoms with E-state index in [-0.39, 0.29) is 17.9 Å². The first-order valence-electron chi connectivity index (χ1n) is 6.18. The maximum absolute atomic E-state index is 12.1. The van der Waals surface area contributed by atoms with E-state index in [0.29, 0.717) is 18.8 Å². The van der Waals surface area contributed by atoms with E-state index in [4.69, 9.17) is 4.42 Å². The average molecular weight is 237 g/mol. The largest absolute Gasteiger partial charge is 0.456 e. The number of furan rings is 1. The first-order valence-corrected chi connectivity index (χ1v) is 6.18. The van der Waals surface area contributed by atoms with Crippen molar-refractivity contribution in [2.24, 2.45) is 5.92 Å². The molecule has 2 heterocycles. The van der Waals surface area contributed by atoms with Crippen molar-refractivity contribution in [3.8, 4) is 0 Å². The summed E-state index contributed by atoms with van der Waals surface area (Å²) in [6.45, 7) is 5.10. The highest BCUT2D eigenvalue weighted by Gasteiger charge is 2.30. The van der Waals surface area contributed by atoms with Gasteiger partial charge < -0.3 is 14.4 Å². The second-order valence-electron chi connectivity index (χ2n) is 4.66. The zero-order valence-corrected chi connectivity index (χ0v) is 10.3. The van der Waals surface area contributed by atoms with Crippen molar-refractivity contribution in [1.82, 2.24) is 4.90 Å². The molecule has 1 aliphatic rings. The van der Waals surface area contributed by atoms with E-state index >= 15 is 0 Å². The van der Waals surface area contributed by atoms with Crippen molar-refractivity contribution in [1.29, 1.82) is 0 Å². The van der Waals surface area contributed by atoms with Gasteiger partial charge in [0.25, 0.3) is 5.91 Å². The Morgan fingerprint density at radius 3 is 2.94 bits per heavy atom. The number of nitrogens with zero attached hydrogens (tertiary/aromatic N) is 1. The molecule has 2 atom stereocenters. The molecule has 0 bridgehead atoms. The third kappa shape index (κ3) is 2.52. The van der Waals surface area contributed by atoms with Crippen molar-refractivity contribution in [3.63, 3.8) is 0 Å². The lowest BCUT2D eigenvalue weighted by Crippen LogP contribution is -2.30. The molecule has 0 aliphatic carbocycles. The average Bonchev–Trinajstić information content (AvgIpc) is 2.97. The molecule has 1 aromatic heterocycles. The van der Waals surface area contributed by atoms with Crippen LogP contribution in [0.15, 0.2) is 16.5 Å². The molecule has 1 saturated heterocycles. The van der Waals surface area contributed by atoms with Crippen LogP contribution in [0.3, 0.4) is 0 Å². The van der Waals surface area contributed by atoms with Crippen molar-refractivity contribution < 1.29 is 14.3 Å². The van der Waals surface area contributed by atoms with Gasteiger partial charge in [-0.25, -0.2) is 0 Å². The number of carbonyl (C=O) groups is 1. The molecular formula is C13H19NO3. The summed E-state index contributed by atoms with van der Waals surface area (Å²) < 4.78 is 5.45. The number of carbonyl (C=O) groups excluding carboxylic acids is 1. The van der Waals surface area contributed by atoms with Crippen LogP contribution < -0.4 is 0 Å². The molecule has 1 aliphatic heterocycles. The summed E-state index contributed by atoms with van der Waals surface area (Å²) in [5.74, 6) is 1.38. The topological polar surface area (TPSA) is 53.7 Å². The highest BCUT2D eigenvalue weighted by atomic mass is 16.4. The first kappa shape index (κ1) is 12.2. The fraction of sp³-hybridized carbons (Fsp3) is 0.615. The maximum Gasteiger partial charge on any atom is 0.289 e. The van der Waals surface area contributed by atoms with Crippen LogP contribution in [-0.4, -0.2) is 35.1 Å². The summed E-state index contributed by atoms with van der Waals surface area (Å²) in [6.07, 6.45) is 1.31. The number of hydrogen-bond acceptors (Lipinski definition) is 3. The smallest absolute Gasteiger partial charge is 0.289 e. The quantitative estimate of drug-likeness (QED) is 0.870. The fourth-order valence-electron chi connectivity index (χ4n) is 2.20. The van der Waals surface area contributed by atoms with Crippen molar-refractivity contribution >= 4 is 5.91 Å². The highest BCUT2D eigenvalue weighted by molar-refractivity contribution is 5.91. The van der Waals surface area contributed by atoms with Crippen molar-refractivity contribution in [2.45, 2.75) is 32.8 Å². The van der Waals surface area contributed by atoms with Gasteiger partial charge >= 0.3 is 0 Å². The van der Waals surface area contributed by atoms with E-state index in [2.05, 4.69) is 0 Å². The Balaban J connectivity index is 2.01. The molecule has 4 heteroatoms. The van der Waals surface area contributed by atoms with Gasteiger partial charge in [-0.2, -0.15) is 0 Å². The number of aryl methyl sites for hydroxylation is 1. The van der Waals surface area contributed by atoms with E-state index in [1.165, 1.54) is 0 Å². The van der Waals surface area contributed by atoms with E-state index in [9.17, 15) is 9.90 Å². The van der Waals surface area contributed by atoms with Gasteiger partial charge in [0.15, 0.2) is 5.76 Å². The Labute approximate surface area is 101 Å². The van der Waals surface area contributed by atoms with Crippen LogP contribution in [0.1, 0.15) is 36.6 Å². The third-order valence-corrected chi connectivity index (χ3v) is 3.42. The van der Waals surface area contributed by atoms with Crippen LogP contribution in [0.2, 0.25) is 0 Å². The van der Waals surface area contributed by atoms with Crippen molar-refractivity contribution in [2.75, 3.05) is 13.1 Å². The molecule has 0 saturated carbocycles. The second kappa shape index (κ2) is 4.92. The van der Waals surface area contributed by atoms with Gasteiger partial charge in [0.2, 0.25) is 0 Å². The minimum absolute atomic E-state index is 0.0622. The zero-order chi connectivity index (χ0) is 12.4. The van der Waals surface area contributed by atoms with Gasteiger partial charge in [-0.05, 0) is 25.5 Å². The minimum Gasteiger partial charge on any atom is -0.456 e. The van der Waals surface area contributed by atoms with E-state index < -0.39 is 0 Å². The Hall–Kier alpha value is -1.29. The zero-order valence-electron chi connectivity index (χ0n) is 10.3. The number of amides is 1. The SMILES string of the molecule is CCc1ccc(C(=O)N2CCC(C(C)O)C2)o1. The molecule has 1 N–H and O–H groups in total. The summed E-state index contributed by atoms with van der Waals surface area (Å²) in [5, 5.41) is 9.50. The van der Waals surface area contributed by atoms with Crippen LogP contribution in [0, 0.1) is 5.92 Å². The van der Waals surface area contributed by atoms with Gasteiger partial charge in [-0.15, -0.1) is 0 Å². The van der Waals surface area contributed by atoms with E-state index in [0.717, 1.165) is 18.6 Å². The molecule has 0 spiro atoms. The normalized spacial score (nSPS) is 21.8. The van der Waals surface area contributed by atoms with Gasteiger partial charge in [-0.3, -0.25) is 4.79 Å². The monoisotopic (exact) mass is 237 g/mol. The Morgan fingerprint density at radius 1 is 1.65 bits per heavy atom. The molecule has 1 aromatic rings. The van der Waals surface area contributed by atoms with Gasteiger partial charge in [0, 0.05) is 25.4 Å². The van der Waals surface area contributed by atoms with Crippen LogP contribution in [0.5, 0.6) is 0 Å². The highest BCUT2D eigenvalue weighted by Crippen LogP contribution is 2.22. The number of aliphatic hydroxyl groups excluding tert-OH is 1. The summed E-state index contributed by atoms with van der Waals surface area (Å²) in [4.78, 5) is 13.9. The van der Waals surface area contributed by atoms with E-state index in [1.807, 2.05) is 13.0 Å². The number of hydrogen-bond donors (Lipinski definition) is 1. The fourth-order valence-corrected chi connectivity index (χ4v) is 2.20. The predicted octanol–water partition coefficient (Wildman–Crippen LogP) is 1.68. The standard InChI is InChI=1S/C13H19NO3/c1-3-11-4-5-12(17-11)13(16)14-7-6-10(8-14)9(2)15/h4-5,9-10,15H,3,6-8H2,1-2H3. The number of aliphatic hydroxyl groups is 1. The van der Waals surface area contributed by atoms with Crippen LogP contribution >= 0.6 is 0 Å². The molecule has 1 fully saturated rings. The summed E-state index contributed by atoms with van der Waals surface area (Å²) in [6, 6.07) is 3.58. The van der Waals surface area contributed by atoms with Gasteiger partial charge in [0.1, 0.15) is 5.76 Å². The third-order valence-electron chi connectivity index (χ3n) is 3.42. The number of likely N-dealkylation sites (tertiary alicyclic amines) is 1. The Kier molecular flexibility index (Phi) is 3.52. The molecule has 94 valence electrons. The molecule has 2 rings (SSSR count). The molecule has 4 nitrogen and oxygen atoms in total. The van der Waals surface area contributed by atoms with Crippen LogP contribution in [-0.2, 0) is 6.42 Å². The molecule has 2 unspecified atom stereocenters. The molecular weight excluding hydrogens is 218 g/mol. The lowest BCUT2D eigenvalue weighted by atomic mass is 10.0. The minimum atomic E-state index is -0.351. The molecule has 17 heavy (non-hydrogen) atoms. The summed E-state index contributed by atoms with van der Waals surface area (Å²) in [5.41, 5.74) is 0. The molecule has 0 radical (unpaired) electrons.